The van der Waals surface area contributed by atoms with Crippen molar-refractivity contribution in [1.29, 1.82) is 0 Å². The van der Waals surface area contributed by atoms with Gasteiger partial charge in [0.1, 0.15) is 48.8 Å². The van der Waals surface area contributed by atoms with Crippen LogP contribution in [0.4, 0.5) is 0 Å². The molecule has 14 heteroatoms. The molecule has 0 saturated carbocycles. The second-order valence-corrected chi connectivity index (χ2v) is 29.2. The van der Waals surface area contributed by atoms with Crippen molar-refractivity contribution in [2.75, 3.05) is 19.8 Å². The summed E-state index contributed by atoms with van der Waals surface area (Å²) in [5.41, 5.74) is 0. The topological polar surface area (TPSA) is 228 Å². The number of unbranched alkanes of at least 4 members (excludes halogenated alkanes) is 51. The Labute approximate surface area is 594 Å². The fourth-order valence-electron chi connectivity index (χ4n) is 13.7. The van der Waals surface area contributed by atoms with E-state index in [1.54, 1.807) is 6.08 Å². The number of carbonyl (C=O) groups excluding carboxylic acids is 1. The molecule has 12 atom stereocenters. The van der Waals surface area contributed by atoms with Crippen LogP contribution in [0.2, 0.25) is 0 Å². The molecule has 97 heavy (non-hydrogen) atoms. The molecule has 2 aliphatic rings. The van der Waals surface area contributed by atoms with Gasteiger partial charge >= 0.3 is 0 Å². The summed E-state index contributed by atoms with van der Waals surface area (Å²) in [5.74, 6) is -0.246. The lowest BCUT2D eigenvalue weighted by atomic mass is 9.97. The molecule has 0 aromatic rings. The van der Waals surface area contributed by atoms with Gasteiger partial charge in [0.15, 0.2) is 12.6 Å². The molecule has 2 fully saturated rings. The fourth-order valence-corrected chi connectivity index (χ4v) is 13.7. The van der Waals surface area contributed by atoms with E-state index >= 15 is 0 Å². The summed E-state index contributed by atoms with van der Waals surface area (Å²) in [6, 6.07) is -0.939. The molecule has 9 N–H and O–H groups in total. The summed E-state index contributed by atoms with van der Waals surface area (Å²) in [6.07, 6.45) is 73.6. The minimum absolute atomic E-state index is 0.246. The molecule has 14 nitrogen and oxygen atoms in total. The van der Waals surface area contributed by atoms with E-state index < -0.39 is 86.8 Å². The van der Waals surface area contributed by atoms with Crippen LogP contribution >= 0.6 is 0 Å². The van der Waals surface area contributed by atoms with Crippen LogP contribution in [0, 0.1) is 0 Å². The zero-order chi connectivity index (χ0) is 70.1. The Hall–Kier alpha value is -2.05. The Morgan fingerprint density at radius 3 is 1.01 bits per heavy atom. The normalized spacial score (nSPS) is 22.3. The standard InChI is InChI=1S/C83H155NO13/c1-3-5-7-9-11-13-15-17-19-21-23-25-27-29-30-31-32-33-34-35-36-37-38-39-40-41-42-43-45-47-49-51-53-55-57-59-61-63-65-67-75(88)84-71(70-94-82-80(93)78(91)81(74(69-86)96-82)97-83-79(92)77(90)76(89)73(68-85)95-83)72(87)66-64-62-60-58-56-54-52-50-48-46-44-28-26-24-22-20-18-16-14-12-10-8-6-4-2/h21,23,48,50,56,58,64,66,71-74,76-83,85-87,89-93H,3-20,22,24-47,49,51-55,57,59-63,65,67-70H2,1-2H3,(H,84,88)/b23-21-,50-48+,58-56+,66-64+. The number of nitrogens with one attached hydrogen (secondary N) is 1. The smallest absolute Gasteiger partial charge is 0.220 e. The van der Waals surface area contributed by atoms with Crippen molar-refractivity contribution in [3.8, 4) is 0 Å². The third-order valence-electron chi connectivity index (χ3n) is 20.2. The van der Waals surface area contributed by atoms with E-state index in [0.717, 1.165) is 44.9 Å². The molecule has 2 heterocycles. The molecule has 0 aliphatic carbocycles. The predicted molar refractivity (Wildman–Crippen MR) is 401 cm³/mol. The van der Waals surface area contributed by atoms with Crippen LogP contribution in [0.5, 0.6) is 0 Å². The van der Waals surface area contributed by atoms with E-state index in [-0.39, 0.29) is 18.9 Å². The number of aliphatic hydroxyl groups excluding tert-OH is 8. The Morgan fingerprint density at radius 2 is 0.660 bits per heavy atom. The van der Waals surface area contributed by atoms with Crippen LogP contribution in [0.1, 0.15) is 380 Å². The highest BCUT2D eigenvalue weighted by molar-refractivity contribution is 5.76. The molecule has 0 spiro atoms. The molecular weight excluding hydrogens is 1220 g/mol. The van der Waals surface area contributed by atoms with Crippen LogP contribution < -0.4 is 5.32 Å². The van der Waals surface area contributed by atoms with E-state index in [9.17, 15) is 45.6 Å². The first-order chi connectivity index (χ1) is 47.6. The monoisotopic (exact) mass is 1370 g/mol. The highest BCUT2D eigenvalue weighted by Crippen LogP contribution is 2.30. The zero-order valence-corrected chi connectivity index (χ0v) is 62.6. The second kappa shape index (κ2) is 67.1. The highest BCUT2D eigenvalue weighted by Gasteiger charge is 2.51. The summed E-state index contributed by atoms with van der Waals surface area (Å²) in [5, 5.41) is 87.6. The number of amides is 1. The third-order valence-corrected chi connectivity index (χ3v) is 20.2. The first-order valence-corrected chi connectivity index (χ1v) is 41.4. The van der Waals surface area contributed by atoms with Crippen LogP contribution in [-0.4, -0.2) is 140 Å². The third kappa shape index (κ3) is 50.1. The van der Waals surface area contributed by atoms with Gasteiger partial charge in [-0.2, -0.15) is 0 Å². The van der Waals surface area contributed by atoms with E-state index in [1.807, 2.05) is 6.08 Å². The van der Waals surface area contributed by atoms with Crippen molar-refractivity contribution >= 4 is 5.91 Å². The highest BCUT2D eigenvalue weighted by atomic mass is 16.7. The molecule has 0 radical (unpaired) electrons. The average Bonchev–Trinajstić information content (AvgIpc) is 0.794. The maximum atomic E-state index is 13.4. The van der Waals surface area contributed by atoms with Crippen molar-refractivity contribution in [1.82, 2.24) is 5.32 Å². The van der Waals surface area contributed by atoms with Crippen molar-refractivity contribution in [2.45, 2.75) is 453 Å². The maximum absolute atomic E-state index is 13.4. The van der Waals surface area contributed by atoms with Crippen molar-refractivity contribution in [3.63, 3.8) is 0 Å². The first kappa shape index (κ1) is 91.0. The number of hydrogen-bond donors (Lipinski definition) is 9. The van der Waals surface area contributed by atoms with Gasteiger partial charge in [-0.05, 0) is 70.6 Å². The Morgan fingerprint density at radius 1 is 0.361 bits per heavy atom. The van der Waals surface area contributed by atoms with E-state index in [0.29, 0.717) is 12.8 Å². The van der Waals surface area contributed by atoms with Gasteiger partial charge < -0.3 is 65.1 Å². The number of allylic oxidation sites excluding steroid dienone is 7. The van der Waals surface area contributed by atoms with Crippen molar-refractivity contribution in [2.24, 2.45) is 0 Å². The number of rotatable bonds is 70. The van der Waals surface area contributed by atoms with Gasteiger partial charge in [-0.25, -0.2) is 0 Å². The number of carbonyl (C=O) groups is 1. The number of aliphatic hydroxyl groups is 8. The van der Waals surface area contributed by atoms with E-state index in [1.165, 1.54) is 302 Å². The van der Waals surface area contributed by atoms with E-state index in [4.69, 9.17) is 18.9 Å². The minimum atomic E-state index is -1.79. The Kier molecular flexibility index (Phi) is 63.0. The van der Waals surface area contributed by atoms with Crippen molar-refractivity contribution < 1.29 is 64.6 Å². The van der Waals surface area contributed by atoms with Gasteiger partial charge in [0.25, 0.3) is 0 Å². The molecule has 2 aliphatic heterocycles. The SMILES string of the molecule is CCCCCCCCCC/C=C\CCCCCCCCCCCCCCCCCCCCCCCCCCCCCC(=O)NC(COC1OC(CO)C(OC2OC(CO)C(O)C(O)C2O)C(O)C1O)C(O)/C=C/CC/C=C/CC/C=C/CCCCCCCCCCCCCCCC. The molecule has 2 rings (SSSR count). The molecule has 0 aromatic heterocycles. The van der Waals surface area contributed by atoms with Crippen LogP contribution in [0.25, 0.3) is 0 Å². The maximum Gasteiger partial charge on any atom is 0.220 e. The van der Waals surface area contributed by atoms with Crippen LogP contribution in [0.15, 0.2) is 48.6 Å². The molecule has 570 valence electrons. The van der Waals surface area contributed by atoms with Gasteiger partial charge in [-0.1, -0.05) is 351 Å². The number of hydrogen-bond acceptors (Lipinski definition) is 13. The van der Waals surface area contributed by atoms with Gasteiger partial charge in [0, 0.05) is 6.42 Å². The molecule has 1 amide bonds. The van der Waals surface area contributed by atoms with Crippen molar-refractivity contribution in [3.05, 3.63) is 48.6 Å². The summed E-state index contributed by atoms with van der Waals surface area (Å²) in [6.45, 7) is 2.83. The molecule has 2 saturated heterocycles. The quantitative estimate of drug-likeness (QED) is 0.0204. The summed E-state index contributed by atoms with van der Waals surface area (Å²) < 4.78 is 22.9. The Bertz CT molecular complexity index is 1810. The van der Waals surface area contributed by atoms with Crippen LogP contribution in [0.3, 0.4) is 0 Å². The van der Waals surface area contributed by atoms with Gasteiger partial charge in [-0.3, -0.25) is 4.79 Å². The summed E-state index contributed by atoms with van der Waals surface area (Å²) in [7, 11) is 0. The molecular formula is C83H155NO13. The Balaban J connectivity index is 1.58. The lowest BCUT2D eigenvalue weighted by Crippen LogP contribution is -2.65. The summed E-state index contributed by atoms with van der Waals surface area (Å²) in [4.78, 5) is 13.4. The van der Waals surface area contributed by atoms with Gasteiger partial charge in [0.2, 0.25) is 5.91 Å². The van der Waals surface area contributed by atoms with E-state index in [2.05, 4.69) is 55.6 Å². The van der Waals surface area contributed by atoms with Gasteiger partial charge in [-0.15, -0.1) is 0 Å². The second-order valence-electron chi connectivity index (χ2n) is 29.2. The molecule has 0 aromatic carbocycles. The largest absolute Gasteiger partial charge is 0.394 e. The molecule has 12 unspecified atom stereocenters. The minimum Gasteiger partial charge on any atom is -0.394 e. The number of ether oxygens (including phenoxy) is 4. The summed E-state index contributed by atoms with van der Waals surface area (Å²) >= 11 is 0. The van der Waals surface area contributed by atoms with Crippen LogP contribution in [-0.2, 0) is 23.7 Å². The van der Waals surface area contributed by atoms with Gasteiger partial charge in [0.05, 0.1) is 32.0 Å². The predicted octanol–water partition coefficient (Wildman–Crippen LogP) is 19.0. The molecule has 0 bridgehead atoms. The average molecular weight is 1380 g/mol. The fraction of sp³-hybridized carbons (Fsp3) is 0.892. The lowest BCUT2D eigenvalue weighted by Gasteiger charge is -2.46. The lowest BCUT2D eigenvalue weighted by molar-refractivity contribution is -0.359. The zero-order valence-electron chi connectivity index (χ0n) is 62.6. The first-order valence-electron chi connectivity index (χ1n) is 41.4.